The fourth-order valence-electron chi connectivity index (χ4n) is 0.864. The normalized spacial score (nSPS) is 34.8. The number of thioether (sulfide) groups is 1. The Labute approximate surface area is 58.2 Å². The third kappa shape index (κ3) is 1.37. The van der Waals surface area contributed by atoms with Crippen molar-refractivity contribution in [3.05, 3.63) is 0 Å². The van der Waals surface area contributed by atoms with Crippen molar-refractivity contribution < 1.29 is 4.79 Å². The van der Waals surface area contributed by atoms with Gasteiger partial charge in [-0.25, -0.2) is 0 Å². The number of rotatable bonds is 1. The summed E-state index contributed by atoms with van der Waals surface area (Å²) in [5.41, 5.74) is 10.6. The van der Waals surface area contributed by atoms with E-state index in [1.165, 1.54) is 0 Å². The van der Waals surface area contributed by atoms with E-state index in [0.29, 0.717) is 0 Å². The Morgan fingerprint density at radius 3 is 2.44 bits per heavy atom. The molecule has 2 atom stereocenters. The number of hydrogen-bond acceptors (Lipinski definition) is 3. The minimum Gasteiger partial charge on any atom is -0.369 e. The second-order valence-corrected chi connectivity index (χ2v) is 3.29. The highest BCUT2D eigenvalue weighted by Crippen LogP contribution is 2.21. The molecular formula is C5H10N2OS. The first-order chi connectivity index (χ1) is 4.22. The third-order valence-electron chi connectivity index (χ3n) is 1.49. The van der Waals surface area contributed by atoms with Crippen LogP contribution >= 0.6 is 11.8 Å². The Balaban J connectivity index is 2.49. The molecule has 4 heteroatoms. The molecule has 9 heavy (non-hydrogen) atoms. The van der Waals surface area contributed by atoms with Gasteiger partial charge in [-0.1, -0.05) is 0 Å². The lowest BCUT2D eigenvalue weighted by Gasteiger charge is -2.07. The molecule has 0 radical (unpaired) electrons. The molecule has 1 saturated heterocycles. The summed E-state index contributed by atoms with van der Waals surface area (Å²) in [6.07, 6.45) is 0. The van der Waals surface area contributed by atoms with Gasteiger partial charge in [0.25, 0.3) is 0 Å². The quantitative estimate of drug-likeness (QED) is 0.507. The number of carbonyl (C=O) groups excluding carboxylic acids is 1. The number of nitrogens with two attached hydrogens (primary N) is 2. The Hall–Kier alpha value is -0.220. The molecule has 4 N–H and O–H groups in total. The first-order valence-corrected chi connectivity index (χ1v) is 4.00. The van der Waals surface area contributed by atoms with Gasteiger partial charge in [-0.15, -0.1) is 0 Å². The average molecular weight is 146 g/mol. The van der Waals surface area contributed by atoms with Gasteiger partial charge in [-0.05, 0) is 0 Å². The molecule has 52 valence electrons. The van der Waals surface area contributed by atoms with Crippen LogP contribution in [0.2, 0.25) is 0 Å². The molecule has 3 nitrogen and oxygen atoms in total. The number of amides is 1. The zero-order valence-electron chi connectivity index (χ0n) is 5.04. The second-order valence-electron chi connectivity index (χ2n) is 2.21. The van der Waals surface area contributed by atoms with Gasteiger partial charge in [0.2, 0.25) is 5.91 Å². The van der Waals surface area contributed by atoms with Crippen molar-refractivity contribution in [3.63, 3.8) is 0 Å². The van der Waals surface area contributed by atoms with Crippen molar-refractivity contribution in [2.24, 2.45) is 17.4 Å². The molecule has 0 bridgehead atoms. The van der Waals surface area contributed by atoms with Gasteiger partial charge in [-0.2, -0.15) is 11.8 Å². The summed E-state index contributed by atoms with van der Waals surface area (Å²) >= 11 is 1.69. The van der Waals surface area contributed by atoms with Gasteiger partial charge in [0.15, 0.2) is 0 Å². The smallest absolute Gasteiger partial charge is 0.222 e. The van der Waals surface area contributed by atoms with E-state index in [1.54, 1.807) is 11.8 Å². The lowest BCUT2D eigenvalue weighted by molar-refractivity contribution is -0.121. The Morgan fingerprint density at radius 2 is 2.22 bits per heavy atom. The molecule has 0 aromatic heterocycles. The van der Waals surface area contributed by atoms with E-state index in [2.05, 4.69) is 0 Å². The maximum absolute atomic E-state index is 10.5. The molecule has 0 aromatic carbocycles. The Bertz CT molecular complexity index is 128. The number of carbonyl (C=O) groups is 1. The molecule has 1 heterocycles. The van der Waals surface area contributed by atoms with E-state index in [-0.39, 0.29) is 17.9 Å². The van der Waals surface area contributed by atoms with Gasteiger partial charge in [0.1, 0.15) is 0 Å². The van der Waals surface area contributed by atoms with Gasteiger partial charge >= 0.3 is 0 Å². The van der Waals surface area contributed by atoms with Crippen molar-refractivity contribution in [3.8, 4) is 0 Å². The van der Waals surface area contributed by atoms with Crippen LogP contribution in [0.15, 0.2) is 0 Å². The predicted octanol–water partition coefficient (Wildman–Crippen LogP) is -0.838. The summed E-state index contributed by atoms with van der Waals surface area (Å²) < 4.78 is 0. The van der Waals surface area contributed by atoms with E-state index in [4.69, 9.17) is 11.5 Å². The van der Waals surface area contributed by atoms with Crippen molar-refractivity contribution >= 4 is 17.7 Å². The standard InChI is InChI=1S/C5H10N2OS/c6-4-2-9-1-3(4)5(7)8/h3-4H,1-2,6H2,(H2,7,8). The third-order valence-corrected chi connectivity index (χ3v) is 2.71. The second kappa shape index (κ2) is 2.58. The average Bonchev–Trinajstić information content (AvgIpc) is 2.13. The van der Waals surface area contributed by atoms with E-state index in [9.17, 15) is 4.79 Å². The van der Waals surface area contributed by atoms with Crippen LogP contribution in [-0.4, -0.2) is 23.5 Å². The lowest BCUT2D eigenvalue weighted by atomic mass is 10.1. The summed E-state index contributed by atoms with van der Waals surface area (Å²) in [5, 5.41) is 0. The number of hydrogen-bond donors (Lipinski definition) is 2. The fraction of sp³-hybridized carbons (Fsp3) is 0.800. The minimum absolute atomic E-state index is 0.00694. The molecular weight excluding hydrogens is 136 g/mol. The Morgan fingerprint density at radius 1 is 1.56 bits per heavy atom. The highest BCUT2D eigenvalue weighted by molar-refractivity contribution is 7.99. The Kier molecular flexibility index (Phi) is 1.97. The summed E-state index contributed by atoms with van der Waals surface area (Å²) in [5.74, 6) is 1.33. The fourth-order valence-corrected chi connectivity index (χ4v) is 2.17. The van der Waals surface area contributed by atoms with Crippen LogP contribution in [0.3, 0.4) is 0 Å². The van der Waals surface area contributed by atoms with Crippen LogP contribution in [0.4, 0.5) is 0 Å². The molecule has 1 amide bonds. The summed E-state index contributed by atoms with van der Waals surface area (Å²) in [6, 6.07) is -0.00694. The lowest BCUT2D eigenvalue weighted by Crippen LogP contribution is -2.37. The van der Waals surface area contributed by atoms with Crippen molar-refractivity contribution in [1.29, 1.82) is 0 Å². The monoisotopic (exact) mass is 146 g/mol. The highest BCUT2D eigenvalue weighted by atomic mass is 32.2. The molecule has 1 rings (SSSR count). The van der Waals surface area contributed by atoms with E-state index < -0.39 is 0 Å². The molecule has 0 aromatic rings. The van der Waals surface area contributed by atoms with Crippen molar-refractivity contribution in [2.45, 2.75) is 6.04 Å². The van der Waals surface area contributed by atoms with E-state index in [1.807, 2.05) is 0 Å². The van der Waals surface area contributed by atoms with Crippen LogP contribution in [0, 0.1) is 5.92 Å². The summed E-state index contributed by atoms with van der Waals surface area (Å²) in [7, 11) is 0. The SMILES string of the molecule is NC(=O)C1CSCC1N. The predicted molar refractivity (Wildman–Crippen MR) is 38.0 cm³/mol. The van der Waals surface area contributed by atoms with Crippen molar-refractivity contribution in [2.75, 3.05) is 11.5 Å². The first-order valence-electron chi connectivity index (χ1n) is 2.84. The highest BCUT2D eigenvalue weighted by Gasteiger charge is 2.28. The molecule has 1 fully saturated rings. The zero-order chi connectivity index (χ0) is 6.85. The van der Waals surface area contributed by atoms with Gasteiger partial charge < -0.3 is 11.5 Å². The summed E-state index contributed by atoms with van der Waals surface area (Å²) in [6.45, 7) is 0. The minimum atomic E-state index is -0.257. The van der Waals surface area contributed by atoms with Crippen molar-refractivity contribution in [1.82, 2.24) is 0 Å². The van der Waals surface area contributed by atoms with Gasteiger partial charge in [-0.3, -0.25) is 4.79 Å². The maximum atomic E-state index is 10.5. The first kappa shape index (κ1) is 6.89. The van der Waals surface area contributed by atoms with Crippen LogP contribution in [0.5, 0.6) is 0 Å². The summed E-state index contributed by atoms with van der Waals surface area (Å²) in [4.78, 5) is 10.5. The number of primary amides is 1. The molecule has 2 unspecified atom stereocenters. The molecule has 1 aliphatic heterocycles. The van der Waals surface area contributed by atoms with Crippen LogP contribution in [-0.2, 0) is 4.79 Å². The van der Waals surface area contributed by atoms with Crippen LogP contribution in [0.1, 0.15) is 0 Å². The zero-order valence-corrected chi connectivity index (χ0v) is 5.86. The molecule has 0 aliphatic carbocycles. The molecule has 1 aliphatic rings. The topological polar surface area (TPSA) is 69.1 Å². The van der Waals surface area contributed by atoms with E-state index in [0.717, 1.165) is 11.5 Å². The van der Waals surface area contributed by atoms with Crippen LogP contribution < -0.4 is 11.5 Å². The molecule has 0 saturated carbocycles. The van der Waals surface area contributed by atoms with Gasteiger partial charge in [0.05, 0.1) is 5.92 Å². The maximum Gasteiger partial charge on any atom is 0.222 e. The van der Waals surface area contributed by atoms with Crippen LogP contribution in [0.25, 0.3) is 0 Å². The largest absolute Gasteiger partial charge is 0.369 e. The molecule has 0 spiro atoms. The van der Waals surface area contributed by atoms with Gasteiger partial charge in [0, 0.05) is 17.5 Å². The van der Waals surface area contributed by atoms with E-state index >= 15 is 0 Å².